The largest absolute Gasteiger partial charge is 0.302 e. The third kappa shape index (κ3) is 3.58. The zero-order valence-electron chi connectivity index (χ0n) is 10.9. The highest BCUT2D eigenvalue weighted by Crippen LogP contribution is 2.18. The molecule has 0 spiro atoms. The molecule has 2 nitrogen and oxygen atoms in total. The highest BCUT2D eigenvalue weighted by atomic mass is 19.1. The first-order valence-electron chi connectivity index (χ1n) is 6.19. The van der Waals surface area contributed by atoms with Crippen LogP contribution in [0.2, 0.25) is 0 Å². The first kappa shape index (κ1) is 13.6. The van der Waals surface area contributed by atoms with Gasteiger partial charge in [0.05, 0.1) is 11.9 Å². The number of halogens is 2. The molecule has 4 heteroatoms. The SMILES string of the molecule is CC(NC(C)c1ccc(F)cn1)c1cccc(F)c1. The van der Waals surface area contributed by atoms with Gasteiger partial charge in [0, 0.05) is 12.1 Å². The number of rotatable bonds is 4. The average Bonchev–Trinajstić information content (AvgIpc) is 2.39. The molecule has 0 aliphatic heterocycles. The number of hydrogen-bond acceptors (Lipinski definition) is 2. The highest BCUT2D eigenvalue weighted by Gasteiger charge is 2.12. The van der Waals surface area contributed by atoms with Crippen LogP contribution in [0.5, 0.6) is 0 Å². The number of aromatic nitrogens is 1. The number of benzene rings is 1. The van der Waals surface area contributed by atoms with Gasteiger partial charge in [0.25, 0.3) is 0 Å². The molecular formula is C15H16F2N2. The summed E-state index contributed by atoms with van der Waals surface area (Å²) in [5, 5.41) is 3.31. The van der Waals surface area contributed by atoms with E-state index in [1.807, 2.05) is 19.9 Å². The molecule has 1 heterocycles. The summed E-state index contributed by atoms with van der Waals surface area (Å²) < 4.78 is 25.9. The Balaban J connectivity index is 2.06. The molecule has 0 amide bonds. The van der Waals surface area contributed by atoms with E-state index >= 15 is 0 Å². The minimum atomic E-state index is -0.353. The van der Waals surface area contributed by atoms with E-state index < -0.39 is 0 Å². The van der Waals surface area contributed by atoms with Crippen molar-refractivity contribution in [1.29, 1.82) is 0 Å². The second-order valence-electron chi connectivity index (χ2n) is 4.57. The van der Waals surface area contributed by atoms with Gasteiger partial charge in [0.2, 0.25) is 0 Å². The zero-order chi connectivity index (χ0) is 13.8. The number of nitrogens with one attached hydrogen (secondary N) is 1. The Morgan fingerprint density at radius 3 is 2.42 bits per heavy atom. The van der Waals surface area contributed by atoms with E-state index in [0.717, 1.165) is 11.3 Å². The molecule has 2 unspecified atom stereocenters. The lowest BCUT2D eigenvalue weighted by Gasteiger charge is -2.20. The molecule has 1 aromatic heterocycles. The maximum atomic E-state index is 13.2. The summed E-state index contributed by atoms with van der Waals surface area (Å²) in [7, 11) is 0. The van der Waals surface area contributed by atoms with Gasteiger partial charge in [-0.2, -0.15) is 0 Å². The second-order valence-corrected chi connectivity index (χ2v) is 4.57. The van der Waals surface area contributed by atoms with Crippen molar-refractivity contribution in [2.45, 2.75) is 25.9 Å². The number of nitrogens with zero attached hydrogens (tertiary/aromatic N) is 1. The molecule has 0 radical (unpaired) electrons. The van der Waals surface area contributed by atoms with Gasteiger partial charge in [-0.15, -0.1) is 0 Å². The third-order valence-corrected chi connectivity index (χ3v) is 3.04. The molecule has 1 aromatic carbocycles. The van der Waals surface area contributed by atoms with Crippen molar-refractivity contribution < 1.29 is 8.78 Å². The van der Waals surface area contributed by atoms with Gasteiger partial charge >= 0.3 is 0 Å². The molecule has 0 aliphatic carbocycles. The molecule has 2 aromatic rings. The molecule has 0 saturated carbocycles. The Morgan fingerprint density at radius 1 is 1.00 bits per heavy atom. The molecule has 0 fully saturated rings. The Kier molecular flexibility index (Phi) is 4.22. The monoisotopic (exact) mass is 262 g/mol. The first-order valence-corrected chi connectivity index (χ1v) is 6.19. The van der Waals surface area contributed by atoms with E-state index in [1.165, 1.54) is 24.4 Å². The van der Waals surface area contributed by atoms with Crippen molar-refractivity contribution in [3.63, 3.8) is 0 Å². The quantitative estimate of drug-likeness (QED) is 0.907. The third-order valence-electron chi connectivity index (χ3n) is 3.04. The van der Waals surface area contributed by atoms with E-state index in [-0.39, 0.29) is 23.7 Å². The topological polar surface area (TPSA) is 24.9 Å². The second kappa shape index (κ2) is 5.89. The highest BCUT2D eigenvalue weighted by molar-refractivity contribution is 5.20. The zero-order valence-corrected chi connectivity index (χ0v) is 10.9. The minimum Gasteiger partial charge on any atom is -0.302 e. The normalized spacial score (nSPS) is 14.1. The fourth-order valence-corrected chi connectivity index (χ4v) is 1.98. The molecule has 0 saturated heterocycles. The molecule has 100 valence electrons. The van der Waals surface area contributed by atoms with E-state index in [9.17, 15) is 8.78 Å². The summed E-state index contributed by atoms with van der Waals surface area (Å²) in [6.07, 6.45) is 1.19. The van der Waals surface area contributed by atoms with Crippen molar-refractivity contribution in [3.8, 4) is 0 Å². The predicted molar refractivity (Wildman–Crippen MR) is 70.6 cm³/mol. The molecular weight excluding hydrogens is 246 g/mol. The van der Waals surface area contributed by atoms with Gasteiger partial charge in [-0.1, -0.05) is 12.1 Å². The fraction of sp³-hybridized carbons (Fsp3) is 0.267. The number of hydrogen-bond donors (Lipinski definition) is 1. The summed E-state index contributed by atoms with van der Waals surface area (Å²) in [5.74, 6) is -0.604. The molecule has 2 rings (SSSR count). The van der Waals surface area contributed by atoms with Crippen molar-refractivity contribution in [2.75, 3.05) is 0 Å². The summed E-state index contributed by atoms with van der Waals surface area (Å²) in [6, 6.07) is 9.44. The molecule has 19 heavy (non-hydrogen) atoms. The lowest BCUT2D eigenvalue weighted by Crippen LogP contribution is -2.23. The van der Waals surface area contributed by atoms with E-state index in [1.54, 1.807) is 12.1 Å². The summed E-state index contributed by atoms with van der Waals surface area (Å²) in [6.45, 7) is 3.89. The number of pyridine rings is 1. The average molecular weight is 262 g/mol. The van der Waals surface area contributed by atoms with Crippen LogP contribution in [0.3, 0.4) is 0 Å². The summed E-state index contributed by atoms with van der Waals surface area (Å²) in [5.41, 5.74) is 1.62. The van der Waals surface area contributed by atoms with Gasteiger partial charge in [0.1, 0.15) is 11.6 Å². The fourth-order valence-electron chi connectivity index (χ4n) is 1.98. The van der Waals surface area contributed by atoms with Crippen LogP contribution in [0.4, 0.5) is 8.78 Å². The smallest absolute Gasteiger partial charge is 0.141 e. The molecule has 0 aliphatic rings. The van der Waals surface area contributed by atoms with Gasteiger partial charge < -0.3 is 5.32 Å². The maximum absolute atomic E-state index is 13.2. The van der Waals surface area contributed by atoms with Crippen molar-refractivity contribution >= 4 is 0 Å². The van der Waals surface area contributed by atoms with E-state index in [0.29, 0.717) is 0 Å². The van der Waals surface area contributed by atoms with E-state index in [4.69, 9.17) is 0 Å². The lowest BCUT2D eigenvalue weighted by molar-refractivity contribution is 0.482. The van der Waals surface area contributed by atoms with Crippen LogP contribution in [0.1, 0.15) is 37.2 Å². The van der Waals surface area contributed by atoms with Gasteiger partial charge in [-0.3, -0.25) is 4.98 Å². The van der Waals surface area contributed by atoms with Crippen LogP contribution >= 0.6 is 0 Å². The Morgan fingerprint density at radius 2 is 1.79 bits per heavy atom. The molecule has 1 N–H and O–H groups in total. The Bertz CT molecular complexity index is 540. The maximum Gasteiger partial charge on any atom is 0.141 e. The Labute approximate surface area is 111 Å². The first-order chi connectivity index (χ1) is 9.06. The van der Waals surface area contributed by atoms with Crippen molar-refractivity contribution in [1.82, 2.24) is 10.3 Å². The van der Waals surface area contributed by atoms with Crippen LogP contribution in [-0.2, 0) is 0 Å². The van der Waals surface area contributed by atoms with Crippen LogP contribution in [0.25, 0.3) is 0 Å². The summed E-state index contributed by atoms with van der Waals surface area (Å²) >= 11 is 0. The van der Waals surface area contributed by atoms with E-state index in [2.05, 4.69) is 10.3 Å². The standard InChI is InChI=1S/C15H16F2N2/c1-10(12-4-3-5-13(16)8-12)19-11(2)15-7-6-14(17)9-18-15/h3-11,19H,1-2H3. The van der Waals surface area contributed by atoms with Crippen LogP contribution < -0.4 is 5.32 Å². The van der Waals surface area contributed by atoms with Crippen LogP contribution in [0, 0.1) is 11.6 Å². The predicted octanol–water partition coefficient (Wildman–Crippen LogP) is 3.77. The molecule has 2 atom stereocenters. The van der Waals surface area contributed by atoms with Gasteiger partial charge in [0.15, 0.2) is 0 Å². The van der Waals surface area contributed by atoms with Crippen molar-refractivity contribution in [3.05, 3.63) is 65.5 Å². The van der Waals surface area contributed by atoms with Gasteiger partial charge in [-0.25, -0.2) is 8.78 Å². The minimum absolute atomic E-state index is 0.0162. The van der Waals surface area contributed by atoms with Gasteiger partial charge in [-0.05, 0) is 43.7 Å². The lowest BCUT2D eigenvalue weighted by atomic mass is 10.1. The Hall–Kier alpha value is -1.81. The summed E-state index contributed by atoms with van der Waals surface area (Å²) in [4.78, 5) is 4.03. The van der Waals surface area contributed by atoms with Crippen LogP contribution in [-0.4, -0.2) is 4.98 Å². The molecule has 0 bridgehead atoms. The van der Waals surface area contributed by atoms with Crippen molar-refractivity contribution in [2.24, 2.45) is 0 Å². The van der Waals surface area contributed by atoms with Crippen LogP contribution in [0.15, 0.2) is 42.6 Å².